The van der Waals surface area contributed by atoms with Gasteiger partial charge in [-0.05, 0) is 34.5 Å². The van der Waals surface area contributed by atoms with Crippen LogP contribution >= 0.6 is 15.9 Å². The third-order valence-corrected chi connectivity index (χ3v) is 1.48. The topological polar surface area (TPSA) is 0 Å². The molecule has 0 aromatic carbocycles. The Labute approximate surface area is 56.2 Å². The summed E-state index contributed by atoms with van der Waals surface area (Å²) in [4.78, 5) is 0. The lowest BCUT2D eigenvalue weighted by Crippen LogP contribution is -2.05. The second-order valence-corrected chi connectivity index (χ2v) is 2.93. The highest BCUT2D eigenvalue weighted by molar-refractivity contribution is 9.10. The van der Waals surface area contributed by atoms with Gasteiger partial charge in [-0.1, -0.05) is 12.2 Å². The number of alkyl halides is 2. The molecule has 0 unspecified atom stereocenters. The molecule has 1 rings (SSSR count). The Morgan fingerprint density at radius 1 is 1.38 bits per heavy atom. The Hall–Kier alpha value is -0.110. The molecule has 0 fully saturated rings. The smallest absolute Gasteiger partial charge is 0.201 e. The van der Waals surface area contributed by atoms with E-state index < -0.39 is 4.58 Å². The van der Waals surface area contributed by atoms with Crippen LogP contribution < -0.4 is 0 Å². The molecule has 0 N–H and O–H groups in total. The van der Waals surface area contributed by atoms with E-state index in [4.69, 9.17) is 0 Å². The fraction of sp³-hybridized carbons (Fsp3) is 0.333. The first-order chi connectivity index (χ1) is 3.71. The van der Waals surface area contributed by atoms with Crippen LogP contribution in [0.1, 0.15) is 6.42 Å². The average Bonchev–Trinajstić information content (AvgIpc) is 1.65. The number of hydrogen-bond donors (Lipinski definition) is 0. The van der Waals surface area contributed by atoms with E-state index in [-0.39, 0.29) is 0 Å². The lowest BCUT2D eigenvalue weighted by atomic mass is 10.2. The first-order valence-electron chi connectivity index (χ1n) is 2.44. The molecule has 0 bridgehead atoms. The fourth-order valence-electron chi connectivity index (χ4n) is 0.584. The maximum Gasteiger partial charge on any atom is 0.201 e. The molecule has 8 heavy (non-hydrogen) atoms. The summed E-state index contributed by atoms with van der Waals surface area (Å²) in [7, 11) is 0. The fourth-order valence-corrected chi connectivity index (χ4v) is 0.958. The summed E-state index contributed by atoms with van der Waals surface area (Å²) in [6.07, 6.45) is 7.40. The van der Waals surface area contributed by atoms with Gasteiger partial charge in [0.2, 0.25) is 4.58 Å². The van der Waals surface area contributed by atoms with Crippen LogP contribution in [0.25, 0.3) is 0 Å². The van der Waals surface area contributed by atoms with E-state index in [9.17, 15) is 4.39 Å². The second kappa shape index (κ2) is 2.02. The van der Waals surface area contributed by atoms with Gasteiger partial charge in [0.15, 0.2) is 0 Å². The largest absolute Gasteiger partial charge is 0.222 e. The van der Waals surface area contributed by atoms with Gasteiger partial charge in [-0.15, -0.1) is 0 Å². The van der Waals surface area contributed by atoms with E-state index in [1.165, 1.54) is 12.2 Å². The van der Waals surface area contributed by atoms with Crippen LogP contribution in [0.2, 0.25) is 0 Å². The molecule has 0 aliphatic heterocycles. The molecule has 0 aromatic rings. The predicted octanol–water partition coefficient (Wildman–Crippen LogP) is 2.56. The van der Waals surface area contributed by atoms with Gasteiger partial charge < -0.3 is 0 Å². The minimum Gasteiger partial charge on any atom is -0.222 e. The summed E-state index contributed by atoms with van der Waals surface area (Å²) in [5.41, 5.74) is 0. The lowest BCUT2D eigenvalue weighted by molar-refractivity contribution is 0.432. The van der Waals surface area contributed by atoms with Crippen molar-refractivity contribution in [1.82, 2.24) is 0 Å². The first kappa shape index (κ1) is 6.02. The highest BCUT2D eigenvalue weighted by atomic mass is 79.9. The van der Waals surface area contributed by atoms with Crippen LogP contribution in [0.4, 0.5) is 4.39 Å². The van der Waals surface area contributed by atoms with Crippen LogP contribution in [-0.4, -0.2) is 4.58 Å². The Bertz CT molecular complexity index is 121. The molecule has 0 radical (unpaired) electrons. The third kappa shape index (κ3) is 1.44. The molecule has 0 heterocycles. The molecule has 1 aliphatic rings. The zero-order valence-electron chi connectivity index (χ0n) is 4.27. The Morgan fingerprint density at radius 2 is 1.88 bits per heavy atom. The molecule has 0 spiro atoms. The van der Waals surface area contributed by atoms with Crippen molar-refractivity contribution in [3.63, 3.8) is 0 Å². The summed E-state index contributed by atoms with van der Waals surface area (Å²) in [5.74, 6) is 0. The summed E-state index contributed by atoms with van der Waals surface area (Å²) >= 11 is 2.85. The van der Waals surface area contributed by atoms with E-state index in [2.05, 4.69) is 15.9 Å². The van der Waals surface area contributed by atoms with Crippen LogP contribution in [0.3, 0.4) is 0 Å². The van der Waals surface area contributed by atoms with E-state index in [1.807, 2.05) is 0 Å². The molecule has 0 saturated carbocycles. The standard InChI is InChI=1S/C6H6BrF/c7-6(8)4-2-1-3-5-6/h2-5H,1H2. The molecule has 0 atom stereocenters. The molecule has 2 heteroatoms. The van der Waals surface area contributed by atoms with Crippen LogP contribution in [0.15, 0.2) is 24.3 Å². The van der Waals surface area contributed by atoms with Gasteiger partial charge in [-0.3, -0.25) is 0 Å². The van der Waals surface area contributed by atoms with E-state index >= 15 is 0 Å². The van der Waals surface area contributed by atoms with Gasteiger partial charge >= 0.3 is 0 Å². The van der Waals surface area contributed by atoms with Gasteiger partial charge in [0.25, 0.3) is 0 Å². The highest BCUT2D eigenvalue weighted by Crippen LogP contribution is 2.26. The van der Waals surface area contributed by atoms with Crippen molar-refractivity contribution in [1.29, 1.82) is 0 Å². The second-order valence-electron chi connectivity index (χ2n) is 1.71. The molecule has 0 nitrogen and oxygen atoms in total. The summed E-state index contributed by atoms with van der Waals surface area (Å²) in [6.45, 7) is 0. The lowest BCUT2D eigenvalue weighted by Gasteiger charge is -2.09. The van der Waals surface area contributed by atoms with Crippen molar-refractivity contribution < 1.29 is 4.39 Å². The van der Waals surface area contributed by atoms with Crippen LogP contribution in [-0.2, 0) is 0 Å². The zero-order chi connectivity index (χ0) is 6.04. The molecule has 1 aliphatic carbocycles. The molecular formula is C6H6BrF. The minimum atomic E-state index is -1.37. The van der Waals surface area contributed by atoms with Crippen LogP contribution in [0, 0.1) is 0 Å². The van der Waals surface area contributed by atoms with Crippen molar-refractivity contribution in [3.8, 4) is 0 Å². The molecule has 0 amide bonds. The molecular weight excluding hydrogens is 171 g/mol. The Balaban J connectivity index is 2.69. The molecule has 0 aromatic heterocycles. The van der Waals surface area contributed by atoms with E-state index in [0.29, 0.717) is 0 Å². The van der Waals surface area contributed by atoms with Gasteiger partial charge in [0.05, 0.1) is 0 Å². The Morgan fingerprint density at radius 3 is 2.12 bits per heavy atom. The number of halogens is 2. The first-order valence-corrected chi connectivity index (χ1v) is 3.23. The number of hydrogen-bond acceptors (Lipinski definition) is 0. The Kier molecular flexibility index (Phi) is 1.52. The van der Waals surface area contributed by atoms with Crippen LogP contribution in [0.5, 0.6) is 0 Å². The maximum absolute atomic E-state index is 12.6. The minimum absolute atomic E-state index is 0.845. The average molecular weight is 177 g/mol. The SMILES string of the molecule is FC1(Br)C=CCC=C1. The summed E-state index contributed by atoms with van der Waals surface area (Å²) in [6, 6.07) is 0. The predicted molar refractivity (Wildman–Crippen MR) is 35.7 cm³/mol. The maximum atomic E-state index is 12.6. The van der Waals surface area contributed by atoms with Gasteiger partial charge in [0.1, 0.15) is 0 Å². The monoisotopic (exact) mass is 176 g/mol. The molecule has 44 valence electrons. The highest BCUT2D eigenvalue weighted by Gasteiger charge is 2.17. The van der Waals surface area contributed by atoms with E-state index in [1.54, 1.807) is 12.2 Å². The number of allylic oxidation sites excluding steroid dienone is 4. The normalized spacial score (nSPS) is 23.8. The van der Waals surface area contributed by atoms with E-state index in [0.717, 1.165) is 6.42 Å². The van der Waals surface area contributed by atoms with Crippen molar-refractivity contribution in [3.05, 3.63) is 24.3 Å². The van der Waals surface area contributed by atoms with Gasteiger partial charge in [-0.2, -0.15) is 0 Å². The number of rotatable bonds is 0. The van der Waals surface area contributed by atoms with Gasteiger partial charge in [0, 0.05) is 0 Å². The van der Waals surface area contributed by atoms with Gasteiger partial charge in [-0.25, -0.2) is 4.39 Å². The third-order valence-electron chi connectivity index (χ3n) is 0.952. The summed E-state index contributed by atoms with van der Waals surface area (Å²) < 4.78 is 11.2. The van der Waals surface area contributed by atoms with Crippen molar-refractivity contribution in [2.45, 2.75) is 11.0 Å². The summed E-state index contributed by atoms with van der Waals surface area (Å²) in [5, 5.41) is 0. The molecule has 0 saturated heterocycles. The van der Waals surface area contributed by atoms with Crippen molar-refractivity contribution >= 4 is 15.9 Å². The van der Waals surface area contributed by atoms with Crippen molar-refractivity contribution in [2.75, 3.05) is 0 Å². The zero-order valence-corrected chi connectivity index (χ0v) is 5.86. The quantitative estimate of drug-likeness (QED) is 0.394. The van der Waals surface area contributed by atoms with Crippen molar-refractivity contribution in [2.24, 2.45) is 0 Å².